The summed E-state index contributed by atoms with van der Waals surface area (Å²) in [6.45, 7) is -0.00684. The molecule has 0 aromatic heterocycles. The van der Waals surface area contributed by atoms with Gasteiger partial charge in [-0.15, -0.1) is 0 Å². The SMILES string of the molecule is CN(CC(=O)Nc1c(Cl)cccc1Cl)C(=O)CC1CCCCC1. The van der Waals surface area contributed by atoms with Gasteiger partial charge in [-0.25, -0.2) is 0 Å². The van der Waals surface area contributed by atoms with Gasteiger partial charge in [-0.05, 0) is 30.9 Å². The molecule has 126 valence electrons. The van der Waals surface area contributed by atoms with Gasteiger partial charge in [0.1, 0.15) is 0 Å². The van der Waals surface area contributed by atoms with E-state index >= 15 is 0 Å². The summed E-state index contributed by atoms with van der Waals surface area (Å²) in [5, 5.41) is 3.42. The van der Waals surface area contributed by atoms with Crippen molar-refractivity contribution in [3.8, 4) is 0 Å². The van der Waals surface area contributed by atoms with E-state index in [1.54, 1.807) is 25.2 Å². The maximum absolute atomic E-state index is 12.2. The summed E-state index contributed by atoms with van der Waals surface area (Å²) < 4.78 is 0. The third kappa shape index (κ3) is 5.40. The molecule has 1 aromatic carbocycles. The van der Waals surface area contributed by atoms with Crippen LogP contribution in [-0.2, 0) is 9.59 Å². The van der Waals surface area contributed by atoms with Gasteiger partial charge < -0.3 is 10.2 Å². The standard InChI is InChI=1S/C17H22Cl2N2O2/c1-21(16(23)10-12-6-3-2-4-7-12)11-15(22)20-17-13(18)8-5-9-14(17)19/h5,8-9,12H,2-4,6-7,10-11H2,1H3,(H,20,22). The molecule has 0 radical (unpaired) electrons. The molecule has 2 rings (SSSR count). The lowest BCUT2D eigenvalue weighted by atomic mass is 9.87. The lowest BCUT2D eigenvalue weighted by molar-refractivity contribution is -0.134. The summed E-state index contributed by atoms with van der Waals surface area (Å²) in [5.74, 6) is 0.163. The van der Waals surface area contributed by atoms with Crippen molar-refractivity contribution in [2.24, 2.45) is 5.92 Å². The number of anilines is 1. The van der Waals surface area contributed by atoms with Crippen LogP contribution in [0.3, 0.4) is 0 Å². The molecule has 0 saturated heterocycles. The van der Waals surface area contributed by atoms with E-state index in [4.69, 9.17) is 23.2 Å². The Balaban J connectivity index is 1.85. The molecule has 1 N–H and O–H groups in total. The van der Waals surface area contributed by atoms with Crippen molar-refractivity contribution in [3.05, 3.63) is 28.2 Å². The zero-order chi connectivity index (χ0) is 16.8. The van der Waals surface area contributed by atoms with Gasteiger partial charge in [-0.3, -0.25) is 9.59 Å². The number of halogens is 2. The number of para-hydroxylation sites is 1. The Morgan fingerprint density at radius 2 is 1.78 bits per heavy atom. The second-order valence-electron chi connectivity index (χ2n) is 6.10. The van der Waals surface area contributed by atoms with Crippen LogP contribution in [0.1, 0.15) is 38.5 Å². The third-order valence-electron chi connectivity index (χ3n) is 4.22. The summed E-state index contributed by atoms with van der Waals surface area (Å²) in [7, 11) is 1.65. The van der Waals surface area contributed by atoms with Gasteiger partial charge in [0.05, 0.1) is 22.3 Å². The first-order chi connectivity index (χ1) is 11.0. The highest BCUT2D eigenvalue weighted by atomic mass is 35.5. The van der Waals surface area contributed by atoms with Crippen LogP contribution in [-0.4, -0.2) is 30.3 Å². The van der Waals surface area contributed by atoms with E-state index < -0.39 is 0 Å². The van der Waals surface area contributed by atoms with E-state index in [1.807, 2.05) is 0 Å². The van der Waals surface area contributed by atoms with E-state index in [9.17, 15) is 9.59 Å². The topological polar surface area (TPSA) is 49.4 Å². The Morgan fingerprint density at radius 3 is 2.39 bits per heavy atom. The zero-order valence-electron chi connectivity index (χ0n) is 13.3. The first kappa shape index (κ1) is 18.1. The van der Waals surface area contributed by atoms with Gasteiger partial charge in [0.2, 0.25) is 11.8 Å². The number of likely N-dealkylation sites (N-methyl/N-ethyl adjacent to an activating group) is 1. The highest BCUT2D eigenvalue weighted by Gasteiger charge is 2.21. The minimum atomic E-state index is -0.306. The molecule has 0 bridgehead atoms. The molecule has 23 heavy (non-hydrogen) atoms. The molecule has 1 fully saturated rings. The van der Waals surface area contributed by atoms with Crippen molar-refractivity contribution in [2.45, 2.75) is 38.5 Å². The number of carbonyl (C=O) groups excluding carboxylic acids is 2. The van der Waals surface area contributed by atoms with Crippen LogP contribution in [0.2, 0.25) is 10.0 Å². The maximum Gasteiger partial charge on any atom is 0.244 e. The molecule has 0 unspecified atom stereocenters. The number of hydrogen-bond acceptors (Lipinski definition) is 2. The minimum absolute atomic E-state index is 0.00684. The molecule has 1 saturated carbocycles. The van der Waals surface area contributed by atoms with E-state index in [1.165, 1.54) is 24.2 Å². The highest BCUT2D eigenvalue weighted by Crippen LogP contribution is 2.30. The van der Waals surface area contributed by atoms with Crippen molar-refractivity contribution >= 4 is 40.7 Å². The van der Waals surface area contributed by atoms with Crippen LogP contribution in [0.5, 0.6) is 0 Å². The molecule has 0 atom stereocenters. The highest BCUT2D eigenvalue weighted by molar-refractivity contribution is 6.39. The number of benzene rings is 1. The fourth-order valence-corrected chi connectivity index (χ4v) is 3.39. The predicted octanol–water partition coefficient (Wildman–Crippen LogP) is 4.36. The first-order valence-corrected chi connectivity index (χ1v) is 8.71. The number of nitrogens with zero attached hydrogens (tertiary/aromatic N) is 1. The van der Waals surface area contributed by atoms with E-state index in [-0.39, 0.29) is 18.4 Å². The Labute approximate surface area is 147 Å². The van der Waals surface area contributed by atoms with Gasteiger partial charge in [-0.2, -0.15) is 0 Å². The maximum atomic E-state index is 12.2. The van der Waals surface area contributed by atoms with Crippen molar-refractivity contribution in [3.63, 3.8) is 0 Å². The normalized spacial score (nSPS) is 15.3. The second-order valence-corrected chi connectivity index (χ2v) is 6.92. The number of rotatable bonds is 5. The first-order valence-electron chi connectivity index (χ1n) is 7.95. The summed E-state index contributed by atoms with van der Waals surface area (Å²) in [6.07, 6.45) is 6.42. The van der Waals surface area contributed by atoms with Crippen molar-refractivity contribution in [1.29, 1.82) is 0 Å². The van der Waals surface area contributed by atoms with Gasteiger partial charge in [-0.1, -0.05) is 48.5 Å². The summed E-state index contributed by atoms with van der Waals surface area (Å²) in [4.78, 5) is 25.8. The molecular weight excluding hydrogens is 335 g/mol. The molecule has 1 aromatic rings. The molecule has 0 aliphatic heterocycles. The predicted molar refractivity (Wildman–Crippen MR) is 93.9 cm³/mol. The van der Waals surface area contributed by atoms with Crippen molar-refractivity contribution < 1.29 is 9.59 Å². The molecule has 1 aliphatic rings. The Hall–Kier alpha value is -1.26. The average Bonchev–Trinajstić information content (AvgIpc) is 2.52. The van der Waals surface area contributed by atoms with Crippen molar-refractivity contribution in [1.82, 2.24) is 4.90 Å². The number of carbonyl (C=O) groups is 2. The lowest BCUT2D eigenvalue weighted by Crippen LogP contribution is -2.36. The molecule has 0 heterocycles. The van der Waals surface area contributed by atoms with Crippen molar-refractivity contribution in [2.75, 3.05) is 18.9 Å². The Bertz CT molecular complexity index is 551. The van der Waals surface area contributed by atoms with Crippen LogP contribution in [0.25, 0.3) is 0 Å². The quantitative estimate of drug-likeness (QED) is 0.851. The molecule has 4 nitrogen and oxygen atoms in total. The van der Waals surface area contributed by atoms with Crippen LogP contribution in [0.4, 0.5) is 5.69 Å². The average molecular weight is 357 g/mol. The Morgan fingerprint density at radius 1 is 1.17 bits per heavy atom. The molecule has 6 heteroatoms. The number of nitrogens with one attached hydrogen (secondary N) is 1. The third-order valence-corrected chi connectivity index (χ3v) is 4.85. The van der Waals surface area contributed by atoms with Crippen LogP contribution in [0.15, 0.2) is 18.2 Å². The number of hydrogen-bond donors (Lipinski definition) is 1. The second kappa shape index (κ2) is 8.55. The minimum Gasteiger partial charge on any atom is -0.336 e. The molecule has 2 amide bonds. The monoisotopic (exact) mass is 356 g/mol. The fourth-order valence-electron chi connectivity index (χ4n) is 2.89. The smallest absolute Gasteiger partial charge is 0.244 e. The fraction of sp³-hybridized carbons (Fsp3) is 0.529. The van der Waals surface area contributed by atoms with E-state index in [0.29, 0.717) is 28.1 Å². The number of amides is 2. The van der Waals surface area contributed by atoms with Crippen LogP contribution < -0.4 is 5.32 Å². The Kier molecular flexibility index (Phi) is 6.72. The largest absolute Gasteiger partial charge is 0.336 e. The zero-order valence-corrected chi connectivity index (χ0v) is 14.8. The lowest BCUT2D eigenvalue weighted by Gasteiger charge is -2.24. The van der Waals surface area contributed by atoms with E-state index in [2.05, 4.69) is 5.32 Å². The summed E-state index contributed by atoms with van der Waals surface area (Å²) in [6, 6.07) is 5.02. The van der Waals surface area contributed by atoms with Crippen LogP contribution in [0, 0.1) is 5.92 Å². The van der Waals surface area contributed by atoms with Gasteiger partial charge in [0.25, 0.3) is 0 Å². The summed E-state index contributed by atoms with van der Waals surface area (Å²) >= 11 is 12.0. The molecule has 0 spiro atoms. The van der Waals surface area contributed by atoms with Gasteiger partial charge in [0, 0.05) is 13.5 Å². The molecule has 1 aliphatic carbocycles. The summed E-state index contributed by atoms with van der Waals surface area (Å²) in [5.41, 5.74) is 0.383. The van der Waals surface area contributed by atoms with Gasteiger partial charge in [0.15, 0.2) is 0 Å². The van der Waals surface area contributed by atoms with Gasteiger partial charge >= 0.3 is 0 Å². The molecular formula is C17H22Cl2N2O2. The van der Waals surface area contributed by atoms with E-state index in [0.717, 1.165) is 12.8 Å². The van der Waals surface area contributed by atoms with Crippen LogP contribution >= 0.6 is 23.2 Å².